The number of fused-ring (bicyclic) bond motifs is 1. The Hall–Kier alpha value is -3.21. The molecule has 0 fully saturated rings. The van der Waals surface area contributed by atoms with Crippen molar-refractivity contribution in [3.63, 3.8) is 0 Å². The van der Waals surface area contributed by atoms with Crippen LogP contribution in [-0.4, -0.2) is 28.0 Å². The number of amides is 1. The lowest BCUT2D eigenvalue weighted by Crippen LogP contribution is -2.23. The molecule has 0 bridgehead atoms. The first kappa shape index (κ1) is 16.6. The van der Waals surface area contributed by atoms with E-state index in [1.54, 1.807) is 10.8 Å². The number of rotatable bonds is 5. The summed E-state index contributed by atoms with van der Waals surface area (Å²) in [6.45, 7) is 3.95. The van der Waals surface area contributed by atoms with Gasteiger partial charge in [-0.3, -0.25) is 9.59 Å². The molecular formula is C20H19N3O2. The second-order valence-corrected chi connectivity index (χ2v) is 5.67. The zero-order chi connectivity index (χ0) is 17.8. The van der Waals surface area contributed by atoms with E-state index in [1.807, 2.05) is 55.5 Å². The number of ketones is 1. The summed E-state index contributed by atoms with van der Waals surface area (Å²) in [4.78, 5) is 23.3. The van der Waals surface area contributed by atoms with Crippen LogP contribution in [0.4, 0.5) is 0 Å². The lowest BCUT2D eigenvalue weighted by atomic mass is 10.1. The molecule has 1 aromatic heterocycles. The fourth-order valence-electron chi connectivity index (χ4n) is 2.62. The molecule has 3 aromatic rings. The van der Waals surface area contributed by atoms with E-state index >= 15 is 0 Å². The van der Waals surface area contributed by atoms with Crippen molar-refractivity contribution in [3.8, 4) is 5.69 Å². The van der Waals surface area contributed by atoms with Gasteiger partial charge in [-0.05, 0) is 43.7 Å². The molecule has 0 aliphatic rings. The van der Waals surface area contributed by atoms with Crippen molar-refractivity contribution in [1.29, 1.82) is 0 Å². The first-order valence-electron chi connectivity index (χ1n) is 8.15. The minimum Gasteiger partial charge on any atom is -0.351 e. The number of carbonyl (C=O) groups excluding carboxylic acids is 2. The predicted octanol–water partition coefficient (Wildman–Crippen LogP) is 3.38. The Balaban J connectivity index is 2.04. The van der Waals surface area contributed by atoms with E-state index in [2.05, 4.69) is 10.4 Å². The van der Waals surface area contributed by atoms with E-state index < -0.39 is 0 Å². The highest BCUT2D eigenvalue weighted by atomic mass is 16.2. The van der Waals surface area contributed by atoms with Gasteiger partial charge in [0, 0.05) is 11.9 Å². The maximum absolute atomic E-state index is 12.3. The summed E-state index contributed by atoms with van der Waals surface area (Å²) in [6.07, 6.45) is 3.30. The Morgan fingerprint density at radius 1 is 1.12 bits per heavy atom. The zero-order valence-corrected chi connectivity index (χ0v) is 14.2. The third-order valence-corrected chi connectivity index (χ3v) is 3.79. The Kier molecular flexibility index (Phi) is 4.75. The molecule has 0 spiro atoms. The van der Waals surface area contributed by atoms with Gasteiger partial charge in [0.1, 0.15) is 0 Å². The SMILES string of the molecule is CCNC(=O)c1nn(-c2ccc(/C=C/C(C)=O)cc2)c2ccccc12. The summed E-state index contributed by atoms with van der Waals surface area (Å²) in [5.74, 6) is -0.174. The van der Waals surface area contributed by atoms with Crippen molar-refractivity contribution in [2.45, 2.75) is 13.8 Å². The Morgan fingerprint density at radius 2 is 1.84 bits per heavy atom. The van der Waals surface area contributed by atoms with E-state index in [1.165, 1.54) is 13.0 Å². The van der Waals surface area contributed by atoms with Gasteiger partial charge in [0.25, 0.3) is 5.91 Å². The average Bonchev–Trinajstić information content (AvgIpc) is 3.00. The molecule has 3 rings (SSSR count). The Bertz CT molecular complexity index is 953. The summed E-state index contributed by atoms with van der Waals surface area (Å²) in [6, 6.07) is 15.3. The lowest BCUT2D eigenvalue weighted by molar-refractivity contribution is -0.112. The van der Waals surface area contributed by atoms with E-state index in [-0.39, 0.29) is 11.7 Å². The number of benzene rings is 2. The lowest BCUT2D eigenvalue weighted by Gasteiger charge is -2.04. The van der Waals surface area contributed by atoms with Gasteiger partial charge in [-0.2, -0.15) is 5.10 Å². The molecule has 25 heavy (non-hydrogen) atoms. The van der Waals surface area contributed by atoms with Crippen molar-refractivity contribution in [3.05, 3.63) is 65.9 Å². The van der Waals surface area contributed by atoms with E-state index in [0.29, 0.717) is 12.2 Å². The highest BCUT2D eigenvalue weighted by molar-refractivity contribution is 6.05. The van der Waals surface area contributed by atoms with Crippen molar-refractivity contribution >= 4 is 28.7 Å². The van der Waals surface area contributed by atoms with Crippen molar-refractivity contribution in [2.24, 2.45) is 0 Å². The summed E-state index contributed by atoms with van der Waals surface area (Å²) in [5, 5.41) is 8.13. The van der Waals surface area contributed by atoms with Gasteiger partial charge >= 0.3 is 0 Å². The number of aromatic nitrogens is 2. The quantitative estimate of drug-likeness (QED) is 0.728. The second kappa shape index (κ2) is 7.13. The summed E-state index contributed by atoms with van der Waals surface area (Å²) >= 11 is 0. The number of allylic oxidation sites excluding steroid dienone is 1. The van der Waals surface area contributed by atoms with Crippen LogP contribution in [0.3, 0.4) is 0 Å². The molecular weight excluding hydrogens is 314 g/mol. The van der Waals surface area contributed by atoms with Crippen LogP contribution in [-0.2, 0) is 4.79 Å². The minimum absolute atomic E-state index is 0.00808. The monoisotopic (exact) mass is 333 g/mol. The molecule has 0 aliphatic carbocycles. The van der Waals surface area contributed by atoms with E-state index in [0.717, 1.165) is 22.2 Å². The summed E-state index contributed by atoms with van der Waals surface area (Å²) in [5.41, 5.74) is 3.07. The topological polar surface area (TPSA) is 64.0 Å². The number of carbonyl (C=O) groups is 2. The molecule has 1 heterocycles. The third-order valence-electron chi connectivity index (χ3n) is 3.79. The van der Waals surface area contributed by atoms with E-state index in [9.17, 15) is 9.59 Å². The van der Waals surface area contributed by atoms with Crippen molar-refractivity contribution < 1.29 is 9.59 Å². The molecule has 0 saturated heterocycles. The molecule has 0 saturated carbocycles. The maximum Gasteiger partial charge on any atom is 0.272 e. The first-order valence-corrected chi connectivity index (χ1v) is 8.15. The van der Waals surface area contributed by atoms with Gasteiger partial charge in [0.15, 0.2) is 11.5 Å². The van der Waals surface area contributed by atoms with Crippen LogP contribution in [0.15, 0.2) is 54.6 Å². The highest BCUT2D eigenvalue weighted by Gasteiger charge is 2.16. The molecule has 126 valence electrons. The van der Waals surface area contributed by atoms with Crippen LogP contribution in [0.25, 0.3) is 22.7 Å². The fraction of sp³-hybridized carbons (Fsp3) is 0.150. The van der Waals surface area contributed by atoms with Gasteiger partial charge < -0.3 is 5.32 Å². The fourth-order valence-corrected chi connectivity index (χ4v) is 2.62. The van der Waals surface area contributed by atoms with Gasteiger partial charge in [-0.15, -0.1) is 0 Å². The Labute approximate surface area is 146 Å². The van der Waals surface area contributed by atoms with Gasteiger partial charge in [-0.25, -0.2) is 4.68 Å². The second-order valence-electron chi connectivity index (χ2n) is 5.67. The molecule has 1 N–H and O–H groups in total. The van der Waals surface area contributed by atoms with Crippen LogP contribution >= 0.6 is 0 Å². The summed E-state index contributed by atoms with van der Waals surface area (Å²) < 4.78 is 1.76. The standard InChI is InChI=1S/C20H19N3O2/c1-3-21-20(25)19-17-6-4-5-7-18(17)23(22-19)16-12-10-15(11-13-16)9-8-14(2)24/h4-13H,3H2,1-2H3,(H,21,25)/b9-8+. The minimum atomic E-state index is -0.182. The van der Waals surface area contributed by atoms with Crippen molar-refractivity contribution in [2.75, 3.05) is 6.54 Å². The predicted molar refractivity (Wildman–Crippen MR) is 98.8 cm³/mol. The van der Waals surface area contributed by atoms with Crippen LogP contribution < -0.4 is 5.32 Å². The van der Waals surface area contributed by atoms with E-state index in [4.69, 9.17) is 0 Å². The first-order chi connectivity index (χ1) is 12.1. The molecule has 0 atom stereocenters. The van der Waals surface area contributed by atoms with Crippen LogP contribution in [0.1, 0.15) is 29.9 Å². The van der Waals surface area contributed by atoms with Crippen LogP contribution in [0.2, 0.25) is 0 Å². The number of para-hydroxylation sites is 1. The third kappa shape index (κ3) is 3.50. The molecule has 0 radical (unpaired) electrons. The van der Waals surface area contributed by atoms with Crippen LogP contribution in [0, 0.1) is 0 Å². The number of nitrogens with zero attached hydrogens (tertiary/aromatic N) is 2. The Morgan fingerprint density at radius 3 is 2.52 bits per heavy atom. The van der Waals surface area contributed by atoms with Crippen LogP contribution in [0.5, 0.6) is 0 Å². The molecule has 5 nitrogen and oxygen atoms in total. The molecule has 0 unspecified atom stereocenters. The normalized spacial score (nSPS) is 11.1. The van der Waals surface area contributed by atoms with Gasteiger partial charge in [-0.1, -0.05) is 36.4 Å². The maximum atomic E-state index is 12.3. The molecule has 5 heteroatoms. The number of nitrogens with one attached hydrogen (secondary N) is 1. The molecule has 1 amide bonds. The van der Waals surface area contributed by atoms with Crippen molar-refractivity contribution in [1.82, 2.24) is 15.1 Å². The largest absolute Gasteiger partial charge is 0.351 e. The average molecular weight is 333 g/mol. The zero-order valence-electron chi connectivity index (χ0n) is 14.2. The molecule has 2 aromatic carbocycles. The summed E-state index contributed by atoms with van der Waals surface area (Å²) in [7, 11) is 0. The molecule has 0 aliphatic heterocycles. The number of hydrogen-bond acceptors (Lipinski definition) is 3. The van der Waals surface area contributed by atoms with Gasteiger partial charge in [0.2, 0.25) is 0 Å². The highest BCUT2D eigenvalue weighted by Crippen LogP contribution is 2.22. The smallest absolute Gasteiger partial charge is 0.272 e. The van der Waals surface area contributed by atoms with Gasteiger partial charge in [0.05, 0.1) is 11.2 Å². The number of hydrogen-bond donors (Lipinski definition) is 1.